The number of rotatable bonds is 12. The molecule has 6 aromatic rings. The van der Waals surface area contributed by atoms with E-state index in [1.165, 1.54) is 17.1 Å². The number of hydrogen-bond acceptors (Lipinski definition) is 18. The van der Waals surface area contributed by atoms with E-state index in [0.717, 1.165) is 109 Å². The minimum atomic E-state index is -1.16. The first-order valence-corrected chi connectivity index (χ1v) is 37.8. The molecule has 12 rings (SSSR count). The third-order valence-electron chi connectivity index (χ3n) is 20.3. The van der Waals surface area contributed by atoms with Gasteiger partial charge in [0, 0.05) is 91.6 Å². The Labute approximate surface area is 607 Å². The summed E-state index contributed by atoms with van der Waals surface area (Å²) in [5.41, 5.74) is 12.9. The van der Waals surface area contributed by atoms with Gasteiger partial charge in [0.2, 0.25) is 0 Å². The van der Waals surface area contributed by atoms with Crippen LogP contribution in [0.1, 0.15) is 231 Å². The van der Waals surface area contributed by atoms with Gasteiger partial charge in [0.05, 0.1) is 128 Å². The molecule has 0 radical (unpaired) electrons. The summed E-state index contributed by atoms with van der Waals surface area (Å²) in [6.45, 7) is 37.6. The number of aliphatic hydroxyl groups excluding tert-OH is 6. The quantitative estimate of drug-likeness (QED) is 0.0671. The van der Waals surface area contributed by atoms with Crippen molar-refractivity contribution >= 4 is 34.1 Å². The van der Waals surface area contributed by atoms with Gasteiger partial charge in [-0.05, 0) is 187 Å². The zero-order valence-electron chi connectivity index (χ0n) is 63.7. The van der Waals surface area contributed by atoms with E-state index in [4.69, 9.17) is 0 Å². The summed E-state index contributed by atoms with van der Waals surface area (Å²) < 4.78 is 40.2. The molecule has 564 valence electrons. The number of hydrogen-bond donors (Lipinski definition) is 6. The fourth-order valence-electron chi connectivity index (χ4n) is 13.5. The highest BCUT2D eigenvalue weighted by molar-refractivity contribution is 5.50. The van der Waals surface area contributed by atoms with E-state index < -0.39 is 36.8 Å². The molecule has 6 fully saturated rings. The zero-order valence-corrected chi connectivity index (χ0v) is 63.7. The number of pyridine rings is 6. The van der Waals surface area contributed by atoms with Crippen molar-refractivity contribution in [1.82, 2.24) is 29.9 Å². The lowest BCUT2D eigenvalue weighted by atomic mass is 10.00. The predicted octanol–water partition coefficient (Wildman–Crippen LogP) is 14.0. The van der Waals surface area contributed by atoms with Crippen LogP contribution in [0, 0.1) is 0 Å². The van der Waals surface area contributed by atoms with Crippen LogP contribution in [0.4, 0.5) is 47.3 Å². The molecule has 0 saturated carbocycles. The number of nitrogens with zero attached hydrogens (tertiary/aromatic N) is 12. The first-order valence-electron chi connectivity index (χ1n) is 37.8. The van der Waals surface area contributed by atoms with Crippen LogP contribution in [0.3, 0.4) is 0 Å². The average Bonchev–Trinajstić information content (AvgIpc) is 0.872. The van der Waals surface area contributed by atoms with Crippen LogP contribution in [-0.4, -0.2) is 193 Å². The van der Waals surface area contributed by atoms with E-state index in [2.05, 4.69) is 185 Å². The van der Waals surface area contributed by atoms with Crippen molar-refractivity contribution in [3.63, 3.8) is 0 Å². The van der Waals surface area contributed by atoms with Gasteiger partial charge < -0.3 is 60.0 Å². The summed E-state index contributed by atoms with van der Waals surface area (Å²) in [7, 11) is 0. The SMILES string of the molecule is CC(C)c1ccc(N2CCC(O)C(F)C2)cn1.CC(C)c1ccc(N2CCC(O)C[C@@H]2C)cn1.CC(C)c1ccc(N2CC[C@@H](O)C[C@H]2C)cn1.CC(C)c1ccc(N2CC[C@@H](O)[C@@H](F)C2)cn1.CC(C)c1ccc(N2CC[C@H](O)C[C@H]2C)cn1.CC(C)c1ccc(N2CC[C@H](O)[C@H](F)C2)cn1. The third-order valence-corrected chi connectivity index (χ3v) is 20.3. The number of piperidine rings is 6. The van der Waals surface area contributed by atoms with Crippen LogP contribution in [-0.2, 0) is 0 Å². The van der Waals surface area contributed by atoms with E-state index in [-0.39, 0.29) is 37.9 Å². The van der Waals surface area contributed by atoms with Crippen molar-refractivity contribution in [2.45, 2.75) is 270 Å². The van der Waals surface area contributed by atoms with Crippen molar-refractivity contribution in [3.05, 3.63) is 144 Å². The molecule has 6 saturated heterocycles. The highest BCUT2D eigenvalue weighted by Crippen LogP contribution is 2.31. The maximum absolute atomic E-state index is 13.4. The molecule has 12 atom stereocenters. The lowest BCUT2D eigenvalue weighted by molar-refractivity contribution is 0.0615. The normalized spacial score (nSPS) is 25.4. The molecule has 6 aliphatic rings. The molecule has 12 heterocycles. The van der Waals surface area contributed by atoms with E-state index in [1.54, 1.807) is 18.6 Å². The number of anilines is 6. The number of aliphatic hydroxyl groups is 6. The maximum Gasteiger partial charge on any atom is 0.143 e. The highest BCUT2D eigenvalue weighted by Gasteiger charge is 2.32. The summed E-state index contributed by atoms with van der Waals surface area (Å²) in [5.74, 6) is 2.64. The molecule has 0 aromatic carbocycles. The summed E-state index contributed by atoms with van der Waals surface area (Å²) in [6.07, 6.45) is 11.5. The number of alkyl halides is 3. The van der Waals surface area contributed by atoms with Crippen LogP contribution in [0.2, 0.25) is 0 Å². The molecule has 6 aromatic heterocycles. The molecule has 3 unspecified atom stereocenters. The van der Waals surface area contributed by atoms with E-state index in [0.29, 0.717) is 92.5 Å². The van der Waals surface area contributed by atoms with Crippen molar-refractivity contribution in [1.29, 1.82) is 0 Å². The molecular formula is C81H123F3N12O6. The van der Waals surface area contributed by atoms with Crippen molar-refractivity contribution in [2.75, 3.05) is 88.3 Å². The van der Waals surface area contributed by atoms with Gasteiger partial charge in [0.25, 0.3) is 0 Å². The fraction of sp³-hybridized carbons (Fsp3) is 0.630. The predicted molar refractivity (Wildman–Crippen MR) is 409 cm³/mol. The zero-order chi connectivity index (χ0) is 74.5. The molecule has 102 heavy (non-hydrogen) atoms. The van der Waals surface area contributed by atoms with Crippen LogP contribution in [0.25, 0.3) is 0 Å². The standard InChI is InChI=1S/3C14H22N2O.3C13H19FN2O/c3*1-10(2)14-5-4-12(9-15-14)16-7-6-13(17)8-11(16)3;3*1-9(2)12-4-3-10(7-15-12)16-6-5-13(17)11(14)8-16/h3*4-5,9-11,13,17H,6-8H2,1-3H3;3*3-4,7,9,11,13,17H,5-6,8H2,1-2H3/t11-,13?;11-,13+;11-,13-;2*11-,13+;/m01110./s1. The fourth-order valence-corrected chi connectivity index (χ4v) is 13.5. The molecular weight excluding hydrogens is 1290 g/mol. The van der Waals surface area contributed by atoms with Gasteiger partial charge in [-0.3, -0.25) is 29.9 Å². The topological polar surface area (TPSA) is 218 Å². The number of aromatic nitrogens is 6. The maximum atomic E-state index is 13.4. The van der Waals surface area contributed by atoms with Crippen molar-refractivity contribution in [2.24, 2.45) is 0 Å². The molecule has 6 N–H and O–H groups in total. The van der Waals surface area contributed by atoms with Crippen LogP contribution < -0.4 is 29.4 Å². The third kappa shape index (κ3) is 24.7. The van der Waals surface area contributed by atoms with Crippen LogP contribution in [0.5, 0.6) is 0 Å². The second-order valence-electron chi connectivity index (χ2n) is 30.7. The number of halogens is 3. The summed E-state index contributed by atoms with van der Waals surface area (Å²) in [5, 5.41) is 56.9. The van der Waals surface area contributed by atoms with Gasteiger partial charge in [0.1, 0.15) is 18.5 Å². The first kappa shape index (κ1) is 82.5. The van der Waals surface area contributed by atoms with Crippen LogP contribution >= 0.6 is 0 Å². The summed E-state index contributed by atoms with van der Waals surface area (Å²) >= 11 is 0. The second kappa shape index (κ2) is 39.9. The van der Waals surface area contributed by atoms with Crippen molar-refractivity contribution in [3.8, 4) is 0 Å². The second-order valence-corrected chi connectivity index (χ2v) is 30.7. The largest absolute Gasteiger partial charge is 0.393 e. The van der Waals surface area contributed by atoms with Crippen LogP contribution in [0.15, 0.2) is 110 Å². The Morgan fingerprint density at radius 3 is 0.647 bits per heavy atom. The molecule has 21 heteroatoms. The van der Waals surface area contributed by atoms with Gasteiger partial charge in [-0.15, -0.1) is 0 Å². The molecule has 18 nitrogen and oxygen atoms in total. The van der Waals surface area contributed by atoms with Crippen molar-refractivity contribution < 1.29 is 43.8 Å². The minimum Gasteiger partial charge on any atom is -0.393 e. The first-order chi connectivity index (χ1) is 48.5. The monoisotopic (exact) mass is 1420 g/mol. The summed E-state index contributed by atoms with van der Waals surface area (Å²) in [4.78, 5) is 39.4. The average molecular weight is 1420 g/mol. The Balaban J connectivity index is 0.000000172. The van der Waals surface area contributed by atoms with Gasteiger partial charge in [-0.25, -0.2) is 13.2 Å². The van der Waals surface area contributed by atoms with E-state index >= 15 is 0 Å². The Kier molecular flexibility index (Phi) is 32.3. The molecule has 0 spiro atoms. The van der Waals surface area contributed by atoms with Gasteiger partial charge in [-0.2, -0.15) is 0 Å². The highest BCUT2D eigenvalue weighted by atomic mass is 19.1. The molecule has 0 aliphatic carbocycles. The molecule has 6 aliphatic heterocycles. The Hall–Kier alpha value is -6.75. The van der Waals surface area contributed by atoms with E-state index in [9.17, 15) is 43.8 Å². The van der Waals surface area contributed by atoms with E-state index in [1.807, 2.05) is 69.7 Å². The van der Waals surface area contributed by atoms with Gasteiger partial charge in [0.15, 0.2) is 0 Å². The lowest BCUT2D eigenvalue weighted by Crippen LogP contribution is -2.44. The smallest absolute Gasteiger partial charge is 0.143 e. The Morgan fingerprint density at radius 1 is 0.294 bits per heavy atom. The molecule has 0 amide bonds. The lowest BCUT2D eigenvalue weighted by Gasteiger charge is -2.37. The minimum absolute atomic E-state index is 0.135. The molecule has 0 bridgehead atoms. The summed E-state index contributed by atoms with van der Waals surface area (Å²) in [6, 6.07) is 25.8. The Bertz CT molecular complexity index is 2980. The van der Waals surface area contributed by atoms with Gasteiger partial charge in [-0.1, -0.05) is 83.1 Å². The Morgan fingerprint density at radius 2 is 0.490 bits per heavy atom. The van der Waals surface area contributed by atoms with Gasteiger partial charge >= 0.3 is 0 Å².